The highest BCUT2D eigenvalue weighted by Gasteiger charge is 2.11. The van der Waals surface area contributed by atoms with Crippen LogP contribution in [0.5, 0.6) is 11.5 Å². The molecule has 0 N–H and O–H groups in total. The number of rotatable bonds is 7. The second kappa shape index (κ2) is 7.72. The van der Waals surface area contributed by atoms with Gasteiger partial charge in [0.25, 0.3) is 0 Å². The maximum atomic E-state index is 6.03. The molecule has 0 saturated heterocycles. The second-order valence-electron chi connectivity index (χ2n) is 3.79. The quantitative estimate of drug-likeness (QED) is 0.764. The molecule has 1 aromatic rings. The van der Waals surface area contributed by atoms with Crippen LogP contribution in [0.2, 0.25) is 10.0 Å². The summed E-state index contributed by atoms with van der Waals surface area (Å²) >= 11 is 12.0. The molecule has 1 rings (SSSR count). The van der Waals surface area contributed by atoms with Gasteiger partial charge in [-0.1, -0.05) is 37.0 Å². The highest BCUT2D eigenvalue weighted by atomic mass is 35.5. The van der Waals surface area contributed by atoms with Gasteiger partial charge in [-0.15, -0.1) is 0 Å². The van der Waals surface area contributed by atoms with E-state index in [0.717, 1.165) is 19.6 Å². The average molecular weight is 292 g/mol. The standard InChI is InChI=1S/C13H19Cl2NO2/c1-4-16(5-2)6-7-18-12-9-10(14)8-11(15)13(12)17-3/h8-9H,4-7H2,1-3H3. The maximum absolute atomic E-state index is 6.03. The fraction of sp³-hybridized carbons (Fsp3) is 0.538. The van der Waals surface area contributed by atoms with Crippen LogP contribution in [0.25, 0.3) is 0 Å². The minimum absolute atomic E-state index is 0.461. The molecule has 0 spiro atoms. The van der Waals surface area contributed by atoms with Crippen molar-refractivity contribution >= 4 is 23.2 Å². The number of methoxy groups -OCH3 is 1. The minimum atomic E-state index is 0.461. The molecule has 102 valence electrons. The van der Waals surface area contributed by atoms with Crippen molar-refractivity contribution in [3.05, 3.63) is 22.2 Å². The minimum Gasteiger partial charge on any atom is -0.491 e. The van der Waals surface area contributed by atoms with Gasteiger partial charge < -0.3 is 14.4 Å². The molecule has 0 heterocycles. The fourth-order valence-corrected chi connectivity index (χ4v) is 2.22. The molecule has 0 amide bonds. The lowest BCUT2D eigenvalue weighted by molar-refractivity contribution is 0.217. The Labute approximate surface area is 119 Å². The van der Waals surface area contributed by atoms with Crippen molar-refractivity contribution in [3.8, 4) is 11.5 Å². The lowest BCUT2D eigenvalue weighted by atomic mass is 10.3. The molecule has 0 aromatic heterocycles. The van der Waals surface area contributed by atoms with Crippen molar-refractivity contribution in [2.45, 2.75) is 13.8 Å². The van der Waals surface area contributed by atoms with Crippen molar-refractivity contribution in [3.63, 3.8) is 0 Å². The predicted molar refractivity (Wildman–Crippen MR) is 76.3 cm³/mol. The molecule has 0 aliphatic rings. The average Bonchev–Trinajstić information content (AvgIpc) is 2.34. The molecule has 0 aliphatic carbocycles. The number of halogens is 2. The Morgan fingerprint density at radius 2 is 1.83 bits per heavy atom. The Kier molecular flexibility index (Phi) is 6.61. The normalized spacial score (nSPS) is 10.8. The Morgan fingerprint density at radius 1 is 1.17 bits per heavy atom. The smallest absolute Gasteiger partial charge is 0.179 e. The summed E-state index contributed by atoms with van der Waals surface area (Å²) in [5, 5.41) is 1.00. The summed E-state index contributed by atoms with van der Waals surface area (Å²) in [6.07, 6.45) is 0. The van der Waals surface area contributed by atoms with E-state index in [1.807, 2.05) is 0 Å². The maximum Gasteiger partial charge on any atom is 0.179 e. The van der Waals surface area contributed by atoms with Crippen LogP contribution in [-0.4, -0.2) is 38.3 Å². The third-order valence-corrected chi connectivity index (χ3v) is 3.24. The van der Waals surface area contributed by atoms with Crippen molar-refractivity contribution in [2.75, 3.05) is 33.4 Å². The molecule has 0 aliphatic heterocycles. The van der Waals surface area contributed by atoms with Crippen molar-refractivity contribution < 1.29 is 9.47 Å². The van der Waals surface area contributed by atoms with Crippen LogP contribution in [0.4, 0.5) is 0 Å². The van der Waals surface area contributed by atoms with Gasteiger partial charge in [-0.2, -0.15) is 0 Å². The number of benzene rings is 1. The summed E-state index contributed by atoms with van der Waals surface area (Å²) in [6.45, 7) is 7.70. The highest BCUT2D eigenvalue weighted by Crippen LogP contribution is 2.37. The number of likely N-dealkylation sites (N-methyl/N-ethyl adjacent to an activating group) is 1. The van der Waals surface area contributed by atoms with Gasteiger partial charge in [-0.05, 0) is 19.2 Å². The van der Waals surface area contributed by atoms with E-state index in [9.17, 15) is 0 Å². The van der Waals surface area contributed by atoms with Gasteiger partial charge in [0.2, 0.25) is 0 Å². The van der Waals surface area contributed by atoms with Crippen LogP contribution < -0.4 is 9.47 Å². The van der Waals surface area contributed by atoms with E-state index in [2.05, 4.69) is 18.7 Å². The van der Waals surface area contributed by atoms with Gasteiger partial charge in [0.05, 0.1) is 12.1 Å². The van der Waals surface area contributed by atoms with E-state index in [1.54, 1.807) is 19.2 Å². The Balaban J connectivity index is 2.66. The Hall–Kier alpha value is -0.640. The molecule has 5 heteroatoms. The zero-order chi connectivity index (χ0) is 13.5. The molecule has 0 fully saturated rings. The molecule has 18 heavy (non-hydrogen) atoms. The summed E-state index contributed by atoms with van der Waals surface area (Å²) in [6, 6.07) is 3.35. The number of nitrogens with zero attached hydrogens (tertiary/aromatic N) is 1. The first-order chi connectivity index (χ1) is 8.62. The summed E-state index contributed by atoms with van der Waals surface area (Å²) in [5.74, 6) is 1.11. The third-order valence-electron chi connectivity index (χ3n) is 2.74. The third kappa shape index (κ3) is 4.23. The van der Waals surface area contributed by atoms with Crippen LogP contribution in [0.15, 0.2) is 12.1 Å². The van der Waals surface area contributed by atoms with Gasteiger partial charge >= 0.3 is 0 Å². The van der Waals surface area contributed by atoms with Crippen molar-refractivity contribution in [2.24, 2.45) is 0 Å². The lowest BCUT2D eigenvalue weighted by Gasteiger charge is -2.19. The Morgan fingerprint density at radius 3 is 2.39 bits per heavy atom. The molecule has 3 nitrogen and oxygen atoms in total. The molecule has 0 radical (unpaired) electrons. The summed E-state index contributed by atoms with van der Waals surface area (Å²) in [5.41, 5.74) is 0. The van der Waals surface area contributed by atoms with Crippen molar-refractivity contribution in [1.29, 1.82) is 0 Å². The van der Waals surface area contributed by atoms with Crippen LogP contribution >= 0.6 is 23.2 Å². The number of hydrogen-bond acceptors (Lipinski definition) is 3. The van der Waals surface area contributed by atoms with Gasteiger partial charge in [-0.3, -0.25) is 0 Å². The molecular weight excluding hydrogens is 273 g/mol. The van der Waals surface area contributed by atoms with Gasteiger partial charge in [-0.25, -0.2) is 0 Å². The van der Waals surface area contributed by atoms with Gasteiger partial charge in [0.1, 0.15) is 6.61 Å². The van der Waals surface area contributed by atoms with Crippen LogP contribution in [-0.2, 0) is 0 Å². The second-order valence-corrected chi connectivity index (χ2v) is 4.64. The van der Waals surface area contributed by atoms with E-state index >= 15 is 0 Å². The number of ether oxygens (including phenoxy) is 2. The largest absolute Gasteiger partial charge is 0.491 e. The molecule has 0 saturated carbocycles. The molecule has 0 unspecified atom stereocenters. The summed E-state index contributed by atoms with van der Waals surface area (Å²) in [7, 11) is 1.56. The SMILES string of the molecule is CCN(CC)CCOc1cc(Cl)cc(Cl)c1OC. The monoisotopic (exact) mass is 291 g/mol. The van der Waals surface area contributed by atoms with Crippen molar-refractivity contribution in [1.82, 2.24) is 4.90 Å². The van der Waals surface area contributed by atoms with Gasteiger partial charge in [0, 0.05) is 17.6 Å². The van der Waals surface area contributed by atoms with E-state index < -0.39 is 0 Å². The summed E-state index contributed by atoms with van der Waals surface area (Å²) in [4.78, 5) is 2.28. The summed E-state index contributed by atoms with van der Waals surface area (Å²) < 4.78 is 10.9. The molecular formula is C13H19Cl2NO2. The first kappa shape index (κ1) is 15.4. The van der Waals surface area contributed by atoms with Crippen LogP contribution in [0.3, 0.4) is 0 Å². The highest BCUT2D eigenvalue weighted by molar-refractivity contribution is 6.35. The lowest BCUT2D eigenvalue weighted by Crippen LogP contribution is -2.27. The zero-order valence-electron chi connectivity index (χ0n) is 11.0. The molecule has 0 bridgehead atoms. The Bertz CT molecular complexity index is 381. The predicted octanol–water partition coefficient (Wildman–Crippen LogP) is 3.72. The molecule has 0 atom stereocenters. The van der Waals surface area contributed by atoms with Crippen LogP contribution in [0.1, 0.15) is 13.8 Å². The van der Waals surface area contributed by atoms with E-state index in [4.69, 9.17) is 32.7 Å². The van der Waals surface area contributed by atoms with Gasteiger partial charge in [0.15, 0.2) is 11.5 Å². The topological polar surface area (TPSA) is 21.7 Å². The van der Waals surface area contributed by atoms with E-state index in [1.165, 1.54) is 0 Å². The molecule has 1 aromatic carbocycles. The zero-order valence-corrected chi connectivity index (χ0v) is 12.5. The van der Waals surface area contributed by atoms with Crippen LogP contribution in [0, 0.1) is 0 Å². The number of hydrogen-bond donors (Lipinski definition) is 0. The van der Waals surface area contributed by atoms with E-state index in [0.29, 0.717) is 28.2 Å². The fourth-order valence-electron chi connectivity index (χ4n) is 1.67. The first-order valence-electron chi connectivity index (χ1n) is 6.00. The first-order valence-corrected chi connectivity index (χ1v) is 6.76. The van der Waals surface area contributed by atoms with E-state index in [-0.39, 0.29) is 0 Å².